The third-order valence-electron chi connectivity index (χ3n) is 4.01. The van der Waals surface area contributed by atoms with Gasteiger partial charge in [0.1, 0.15) is 12.2 Å². The van der Waals surface area contributed by atoms with Gasteiger partial charge in [0.15, 0.2) is 0 Å². The van der Waals surface area contributed by atoms with Gasteiger partial charge in [0.25, 0.3) is 0 Å². The van der Waals surface area contributed by atoms with Crippen LogP contribution in [0.25, 0.3) is 0 Å². The number of amides is 2. The average molecular weight is 393 g/mol. The Morgan fingerprint density at radius 2 is 1.82 bits per heavy atom. The summed E-state index contributed by atoms with van der Waals surface area (Å²) in [6.07, 6.45) is -1.04. The third kappa shape index (κ3) is 9.05. The lowest BCUT2D eigenvalue weighted by atomic mass is 10.2. The van der Waals surface area contributed by atoms with Crippen LogP contribution in [0.4, 0.5) is 9.59 Å². The molecule has 2 N–H and O–H groups in total. The van der Waals surface area contributed by atoms with E-state index in [4.69, 9.17) is 14.2 Å². The Morgan fingerprint density at radius 1 is 1.14 bits per heavy atom. The van der Waals surface area contributed by atoms with E-state index >= 15 is 0 Å². The molecule has 1 aromatic rings. The van der Waals surface area contributed by atoms with E-state index in [1.165, 1.54) is 0 Å². The van der Waals surface area contributed by atoms with E-state index in [9.17, 15) is 9.59 Å². The molecule has 8 nitrogen and oxygen atoms in total. The zero-order chi connectivity index (χ0) is 20.4. The van der Waals surface area contributed by atoms with Crippen molar-refractivity contribution < 1.29 is 23.8 Å². The number of hydrogen-bond acceptors (Lipinski definition) is 6. The van der Waals surface area contributed by atoms with Gasteiger partial charge in [-0.2, -0.15) is 0 Å². The predicted octanol–water partition coefficient (Wildman–Crippen LogP) is 2.14. The number of alkyl carbamates (subject to hydrolysis) is 2. The fraction of sp³-hybridized carbons (Fsp3) is 0.600. The Bertz CT molecular complexity index is 612. The lowest BCUT2D eigenvalue weighted by Gasteiger charge is -2.31. The molecule has 156 valence electrons. The molecule has 1 aromatic carbocycles. The molecule has 0 radical (unpaired) electrons. The maximum absolute atomic E-state index is 12.1. The minimum absolute atomic E-state index is 0.195. The molecule has 8 heteroatoms. The molecule has 1 saturated heterocycles. The summed E-state index contributed by atoms with van der Waals surface area (Å²) >= 11 is 0. The van der Waals surface area contributed by atoms with Crippen molar-refractivity contribution in [1.82, 2.24) is 15.5 Å². The maximum Gasteiger partial charge on any atom is 0.407 e. The molecule has 2 rings (SSSR count). The van der Waals surface area contributed by atoms with Crippen molar-refractivity contribution in [1.29, 1.82) is 0 Å². The summed E-state index contributed by atoms with van der Waals surface area (Å²) in [6.45, 7) is 9.33. The Hall–Kier alpha value is -2.32. The first-order valence-corrected chi connectivity index (χ1v) is 9.56. The smallest absolute Gasteiger partial charge is 0.407 e. The van der Waals surface area contributed by atoms with Gasteiger partial charge in [0, 0.05) is 26.2 Å². The van der Waals surface area contributed by atoms with Crippen LogP contribution in [0.2, 0.25) is 0 Å². The van der Waals surface area contributed by atoms with Crippen LogP contribution in [0, 0.1) is 0 Å². The van der Waals surface area contributed by atoms with Crippen molar-refractivity contribution in [2.75, 3.05) is 39.4 Å². The number of hydrogen-bond donors (Lipinski definition) is 2. The van der Waals surface area contributed by atoms with E-state index in [0.717, 1.165) is 18.7 Å². The molecule has 0 saturated carbocycles. The van der Waals surface area contributed by atoms with Crippen LogP contribution in [-0.4, -0.2) is 68.1 Å². The zero-order valence-corrected chi connectivity index (χ0v) is 16.9. The van der Waals surface area contributed by atoms with E-state index < -0.39 is 17.8 Å². The first-order chi connectivity index (χ1) is 13.3. The number of carbonyl (C=O) groups is 2. The number of rotatable bonds is 7. The van der Waals surface area contributed by atoms with Crippen LogP contribution in [0.5, 0.6) is 0 Å². The molecule has 0 unspecified atom stereocenters. The number of morpholine rings is 1. The molecule has 28 heavy (non-hydrogen) atoms. The molecule has 0 aromatic heterocycles. The summed E-state index contributed by atoms with van der Waals surface area (Å²) in [5.41, 5.74) is 0.324. The van der Waals surface area contributed by atoms with Gasteiger partial charge in [-0.25, -0.2) is 9.59 Å². The number of ether oxygens (including phenoxy) is 3. The highest BCUT2D eigenvalue weighted by atomic mass is 16.6. The monoisotopic (exact) mass is 393 g/mol. The van der Waals surface area contributed by atoms with Crippen molar-refractivity contribution in [2.45, 2.75) is 39.0 Å². The van der Waals surface area contributed by atoms with Crippen LogP contribution in [0.15, 0.2) is 30.3 Å². The number of nitrogens with one attached hydrogen (secondary N) is 2. The molecule has 1 aliphatic heterocycles. The Labute approximate surface area is 166 Å². The maximum atomic E-state index is 12.1. The molecule has 1 atom stereocenters. The Morgan fingerprint density at radius 3 is 2.46 bits per heavy atom. The predicted molar refractivity (Wildman–Crippen MR) is 105 cm³/mol. The number of nitrogens with zero attached hydrogens (tertiary/aromatic N) is 1. The summed E-state index contributed by atoms with van der Waals surface area (Å²) in [7, 11) is 0. The second-order valence-corrected chi connectivity index (χ2v) is 7.70. The van der Waals surface area contributed by atoms with Crippen LogP contribution in [0.3, 0.4) is 0 Å². The SMILES string of the molecule is CC(C)(C)OC(=O)N[C@H](CNC(=O)OCc1ccccc1)CN1CCOCC1. The first kappa shape index (κ1) is 22.0. The molecular weight excluding hydrogens is 362 g/mol. The molecule has 1 aliphatic rings. The molecule has 1 fully saturated rings. The van der Waals surface area contributed by atoms with Gasteiger partial charge in [-0.1, -0.05) is 30.3 Å². The van der Waals surface area contributed by atoms with Crippen LogP contribution >= 0.6 is 0 Å². The molecule has 2 amide bonds. The van der Waals surface area contributed by atoms with Gasteiger partial charge in [-0.3, -0.25) is 4.90 Å². The van der Waals surface area contributed by atoms with Crippen molar-refractivity contribution in [3.8, 4) is 0 Å². The lowest BCUT2D eigenvalue weighted by Crippen LogP contribution is -2.52. The van der Waals surface area contributed by atoms with E-state index in [1.54, 1.807) is 0 Å². The van der Waals surface area contributed by atoms with Crippen LogP contribution < -0.4 is 10.6 Å². The Kier molecular flexibility index (Phi) is 8.53. The minimum Gasteiger partial charge on any atom is -0.445 e. The quantitative estimate of drug-likeness (QED) is 0.738. The van der Waals surface area contributed by atoms with Gasteiger partial charge in [0.05, 0.1) is 19.3 Å². The molecule has 1 heterocycles. The van der Waals surface area contributed by atoms with Crippen molar-refractivity contribution >= 4 is 12.2 Å². The topological polar surface area (TPSA) is 89.1 Å². The first-order valence-electron chi connectivity index (χ1n) is 9.56. The number of carbonyl (C=O) groups excluding carboxylic acids is 2. The highest BCUT2D eigenvalue weighted by molar-refractivity contribution is 5.69. The minimum atomic E-state index is -0.588. The molecule has 0 bridgehead atoms. The largest absolute Gasteiger partial charge is 0.445 e. The van der Waals surface area contributed by atoms with Gasteiger partial charge < -0.3 is 24.8 Å². The van der Waals surface area contributed by atoms with E-state index in [1.807, 2.05) is 51.1 Å². The van der Waals surface area contributed by atoms with Crippen LogP contribution in [0.1, 0.15) is 26.3 Å². The summed E-state index contributed by atoms with van der Waals surface area (Å²) in [4.78, 5) is 26.3. The normalized spacial score (nSPS) is 16.1. The van der Waals surface area contributed by atoms with Gasteiger partial charge in [0.2, 0.25) is 0 Å². The average Bonchev–Trinajstić information content (AvgIpc) is 2.64. The molecular formula is C20H31N3O5. The third-order valence-corrected chi connectivity index (χ3v) is 4.01. The number of benzene rings is 1. The van der Waals surface area contributed by atoms with Crippen molar-refractivity contribution in [3.63, 3.8) is 0 Å². The summed E-state index contributed by atoms with van der Waals surface area (Å²) in [5, 5.41) is 5.56. The molecule has 0 aliphatic carbocycles. The van der Waals surface area contributed by atoms with Crippen LogP contribution in [-0.2, 0) is 20.8 Å². The fourth-order valence-corrected chi connectivity index (χ4v) is 2.71. The van der Waals surface area contributed by atoms with Crippen molar-refractivity contribution in [2.24, 2.45) is 0 Å². The Balaban J connectivity index is 1.82. The standard InChI is InChI=1S/C20H31N3O5/c1-20(2,3)28-19(25)22-17(14-23-9-11-26-12-10-23)13-21-18(24)27-15-16-7-5-4-6-8-16/h4-8,17H,9-15H2,1-3H3,(H,21,24)(H,22,25)/t17-/m1/s1. The highest BCUT2D eigenvalue weighted by Crippen LogP contribution is 2.07. The van der Waals surface area contributed by atoms with Crippen molar-refractivity contribution in [3.05, 3.63) is 35.9 Å². The second kappa shape index (κ2) is 10.9. The summed E-state index contributed by atoms with van der Waals surface area (Å²) in [6, 6.07) is 9.15. The van der Waals surface area contributed by atoms with Gasteiger partial charge in [-0.15, -0.1) is 0 Å². The van der Waals surface area contributed by atoms with Gasteiger partial charge in [-0.05, 0) is 26.3 Å². The second-order valence-electron chi connectivity index (χ2n) is 7.70. The van der Waals surface area contributed by atoms with E-state index in [0.29, 0.717) is 19.8 Å². The van der Waals surface area contributed by atoms with E-state index in [-0.39, 0.29) is 19.2 Å². The van der Waals surface area contributed by atoms with E-state index in [2.05, 4.69) is 15.5 Å². The summed E-state index contributed by atoms with van der Waals surface area (Å²) < 4.78 is 15.9. The summed E-state index contributed by atoms with van der Waals surface area (Å²) in [5.74, 6) is 0. The zero-order valence-electron chi connectivity index (χ0n) is 16.9. The van der Waals surface area contributed by atoms with Gasteiger partial charge >= 0.3 is 12.2 Å². The lowest BCUT2D eigenvalue weighted by molar-refractivity contribution is 0.0288. The fourth-order valence-electron chi connectivity index (χ4n) is 2.71. The highest BCUT2D eigenvalue weighted by Gasteiger charge is 2.23. The molecule has 0 spiro atoms.